The van der Waals surface area contributed by atoms with Crippen LogP contribution in [-0.2, 0) is 11.3 Å². The molecule has 0 radical (unpaired) electrons. The molecular weight excluding hydrogens is 395 g/mol. The molecule has 2 unspecified atom stereocenters. The topological polar surface area (TPSA) is 115 Å². The molecule has 0 saturated heterocycles. The number of ether oxygens (including phenoxy) is 1. The Bertz CT molecular complexity index is 1050. The van der Waals surface area contributed by atoms with E-state index in [-0.39, 0.29) is 22.9 Å². The lowest BCUT2D eigenvalue weighted by atomic mass is 9.89. The van der Waals surface area contributed by atoms with Crippen molar-refractivity contribution in [3.8, 4) is 5.88 Å². The van der Waals surface area contributed by atoms with Crippen molar-refractivity contribution in [1.29, 1.82) is 0 Å². The minimum atomic E-state index is -0.473. The van der Waals surface area contributed by atoms with Gasteiger partial charge in [-0.1, -0.05) is 30.4 Å². The number of carbonyl (C=O) groups excluding carboxylic acids is 1. The minimum absolute atomic E-state index is 0.182. The van der Waals surface area contributed by atoms with Gasteiger partial charge in [0.1, 0.15) is 11.5 Å². The predicted molar refractivity (Wildman–Crippen MR) is 108 cm³/mol. The number of carbonyl (C=O) groups is 1. The highest BCUT2D eigenvalue weighted by molar-refractivity contribution is 7.99. The Labute approximate surface area is 170 Å². The standard InChI is InChI=1S/C19H17FN6O2S/c1-28-19-18(22-9-10-4-2-5-11(20)8-10)23-17(24-25-19)14-12-6-3-7-13(16(21)27)15(12)29-26-14/h2-8,12,15H,9H2,1H3,(H2,21,27)(H,22,23,24). The zero-order valence-corrected chi connectivity index (χ0v) is 16.2. The van der Waals surface area contributed by atoms with Crippen LogP contribution >= 0.6 is 11.9 Å². The molecule has 10 heteroatoms. The van der Waals surface area contributed by atoms with Crippen LogP contribution in [0.3, 0.4) is 0 Å². The Morgan fingerprint density at radius 3 is 3.00 bits per heavy atom. The van der Waals surface area contributed by atoms with E-state index >= 15 is 0 Å². The van der Waals surface area contributed by atoms with Crippen LogP contribution in [0.1, 0.15) is 11.4 Å². The molecule has 0 fully saturated rings. The number of methoxy groups -OCH3 is 1. The molecule has 3 N–H and O–H groups in total. The van der Waals surface area contributed by atoms with Gasteiger partial charge in [0.2, 0.25) is 5.91 Å². The monoisotopic (exact) mass is 412 g/mol. The van der Waals surface area contributed by atoms with Crippen LogP contribution in [0.15, 0.2) is 52.5 Å². The average molecular weight is 412 g/mol. The Morgan fingerprint density at radius 2 is 2.24 bits per heavy atom. The van der Waals surface area contributed by atoms with E-state index in [1.165, 1.54) is 31.2 Å². The Kier molecular flexibility index (Phi) is 5.26. The predicted octanol–water partition coefficient (Wildman–Crippen LogP) is 2.05. The first kappa shape index (κ1) is 19.1. The lowest BCUT2D eigenvalue weighted by Gasteiger charge is -2.20. The number of primary amides is 1. The van der Waals surface area contributed by atoms with Crippen LogP contribution in [0.4, 0.5) is 10.2 Å². The average Bonchev–Trinajstić information content (AvgIpc) is 3.16. The number of allylic oxidation sites excluding steroid dienone is 3. The van der Waals surface area contributed by atoms with E-state index in [1.807, 2.05) is 6.08 Å². The van der Waals surface area contributed by atoms with E-state index in [9.17, 15) is 9.18 Å². The zero-order valence-electron chi connectivity index (χ0n) is 15.4. The number of nitrogens with two attached hydrogens (primary N) is 1. The number of aromatic nitrogens is 3. The van der Waals surface area contributed by atoms with Crippen molar-refractivity contribution in [3.63, 3.8) is 0 Å². The molecule has 2 aromatic rings. The number of hydrogen-bond acceptors (Lipinski definition) is 8. The van der Waals surface area contributed by atoms with Gasteiger partial charge in [-0.3, -0.25) is 4.79 Å². The summed E-state index contributed by atoms with van der Waals surface area (Å²) in [4.78, 5) is 16.2. The summed E-state index contributed by atoms with van der Waals surface area (Å²) in [6.07, 6.45) is 5.42. The van der Waals surface area contributed by atoms with Crippen molar-refractivity contribution >= 4 is 29.4 Å². The third-order valence-electron chi connectivity index (χ3n) is 4.52. The molecule has 1 aliphatic carbocycles. The molecule has 148 valence electrons. The number of hydrogen-bond donors (Lipinski definition) is 2. The van der Waals surface area contributed by atoms with Gasteiger partial charge in [0, 0.05) is 18.0 Å². The Balaban J connectivity index is 1.58. The van der Waals surface area contributed by atoms with Crippen molar-refractivity contribution < 1.29 is 13.9 Å². The van der Waals surface area contributed by atoms with Gasteiger partial charge in [-0.25, -0.2) is 13.8 Å². The van der Waals surface area contributed by atoms with Gasteiger partial charge in [-0.15, -0.1) is 10.2 Å². The molecular formula is C19H17FN6O2S. The van der Waals surface area contributed by atoms with Gasteiger partial charge in [0.25, 0.3) is 5.88 Å². The SMILES string of the molecule is COc1nnc(C2=NSC3C(C(N)=O)=CC=CC23)nc1NCc1cccc(F)c1. The fourth-order valence-corrected chi connectivity index (χ4v) is 4.21. The van der Waals surface area contributed by atoms with E-state index in [1.54, 1.807) is 24.3 Å². The van der Waals surface area contributed by atoms with Gasteiger partial charge in [-0.05, 0) is 29.6 Å². The smallest absolute Gasteiger partial charge is 0.276 e. The second-order valence-corrected chi connectivity index (χ2v) is 7.28. The molecule has 1 aromatic carbocycles. The molecule has 1 aromatic heterocycles. The fraction of sp³-hybridized carbons (Fsp3) is 0.211. The maximum atomic E-state index is 13.4. The summed E-state index contributed by atoms with van der Waals surface area (Å²) >= 11 is 1.26. The van der Waals surface area contributed by atoms with Gasteiger partial charge in [0.15, 0.2) is 11.6 Å². The number of halogens is 1. The van der Waals surface area contributed by atoms with E-state index < -0.39 is 5.91 Å². The fourth-order valence-electron chi connectivity index (χ4n) is 3.12. The maximum Gasteiger partial charge on any atom is 0.276 e. The lowest BCUT2D eigenvalue weighted by molar-refractivity contribution is -0.114. The van der Waals surface area contributed by atoms with Gasteiger partial charge in [-0.2, -0.15) is 0 Å². The first-order chi connectivity index (χ1) is 14.1. The molecule has 1 amide bonds. The summed E-state index contributed by atoms with van der Waals surface area (Å²) in [6.45, 7) is 0.327. The van der Waals surface area contributed by atoms with Crippen LogP contribution in [0.5, 0.6) is 5.88 Å². The quantitative estimate of drug-likeness (QED) is 0.698. The number of anilines is 1. The van der Waals surface area contributed by atoms with Crippen LogP contribution in [0.25, 0.3) is 0 Å². The maximum absolute atomic E-state index is 13.4. The minimum Gasteiger partial charge on any atom is -0.477 e. The summed E-state index contributed by atoms with van der Waals surface area (Å²) in [5.41, 5.74) is 7.33. The number of rotatable bonds is 6. The van der Waals surface area contributed by atoms with Gasteiger partial charge < -0.3 is 15.8 Å². The van der Waals surface area contributed by atoms with E-state index in [0.29, 0.717) is 29.5 Å². The molecule has 4 rings (SSSR count). The van der Waals surface area contributed by atoms with Gasteiger partial charge in [0.05, 0.1) is 12.4 Å². The molecule has 0 spiro atoms. The van der Waals surface area contributed by atoms with Crippen molar-refractivity contribution in [2.24, 2.45) is 16.0 Å². The van der Waals surface area contributed by atoms with Crippen LogP contribution in [0.2, 0.25) is 0 Å². The third-order valence-corrected chi connectivity index (χ3v) is 5.60. The molecule has 0 bridgehead atoms. The largest absolute Gasteiger partial charge is 0.477 e. The highest BCUT2D eigenvalue weighted by Gasteiger charge is 2.39. The first-order valence-corrected chi connectivity index (χ1v) is 9.59. The summed E-state index contributed by atoms with van der Waals surface area (Å²) in [6, 6.07) is 6.25. The number of amides is 1. The summed E-state index contributed by atoms with van der Waals surface area (Å²) < 4.78 is 23.1. The molecule has 1 aliphatic heterocycles. The van der Waals surface area contributed by atoms with E-state index in [2.05, 4.69) is 24.9 Å². The van der Waals surface area contributed by atoms with E-state index in [0.717, 1.165) is 5.56 Å². The Hall–Kier alpha value is -3.27. The molecule has 2 atom stereocenters. The van der Waals surface area contributed by atoms with Crippen molar-refractivity contribution in [2.45, 2.75) is 11.8 Å². The Morgan fingerprint density at radius 1 is 1.38 bits per heavy atom. The number of nitrogens with one attached hydrogen (secondary N) is 1. The number of nitrogens with zero attached hydrogens (tertiary/aromatic N) is 4. The molecule has 8 nitrogen and oxygen atoms in total. The van der Waals surface area contributed by atoms with Crippen molar-refractivity contribution in [3.05, 3.63) is 65.3 Å². The third kappa shape index (κ3) is 3.83. The molecule has 2 aliphatic rings. The second kappa shape index (κ2) is 8.00. The molecule has 0 saturated carbocycles. The van der Waals surface area contributed by atoms with Crippen LogP contribution in [-0.4, -0.2) is 39.2 Å². The van der Waals surface area contributed by atoms with Crippen LogP contribution < -0.4 is 15.8 Å². The summed E-state index contributed by atoms with van der Waals surface area (Å²) in [5.74, 6) is -0.0713. The van der Waals surface area contributed by atoms with E-state index in [4.69, 9.17) is 10.5 Å². The highest BCUT2D eigenvalue weighted by atomic mass is 32.2. The number of fused-ring (bicyclic) bond motifs is 1. The first-order valence-electron chi connectivity index (χ1n) is 8.76. The lowest BCUT2D eigenvalue weighted by Crippen LogP contribution is -2.31. The number of benzene rings is 1. The molecule has 2 heterocycles. The highest BCUT2D eigenvalue weighted by Crippen LogP contribution is 2.39. The second-order valence-electron chi connectivity index (χ2n) is 6.38. The van der Waals surface area contributed by atoms with Crippen LogP contribution in [0, 0.1) is 11.7 Å². The molecule has 29 heavy (non-hydrogen) atoms. The van der Waals surface area contributed by atoms with Gasteiger partial charge >= 0.3 is 0 Å². The zero-order chi connectivity index (χ0) is 20.4. The van der Waals surface area contributed by atoms with Crippen molar-refractivity contribution in [2.75, 3.05) is 12.4 Å². The normalized spacial score (nSPS) is 19.9. The van der Waals surface area contributed by atoms with Crippen molar-refractivity contribution in [1.82, 2.24) is 15.2 Å². The summed E-state index contributed by atoms with van der Waals surface area (Å²) in [7, 11) is 1.46. The summed E-state index contributed by atoms with van der Waals surface area (Å²) in [5, 5.41) is 11.1.